The van der Waals surface area contributed by atoms with E-state index < -0.39 is 5.97 Å². The predicted molar refractivity (Wildman–Crippen MR) is 123 cm³/mol. The summed E-state index contributed by atoms with van der Waals surface area (Å²) in [6, 6.07) is 12.5. The number of rotatable bonds is 6. The van der Waals surface area contributed by atoms with Crippen molar-refractivity contribution in [2.75, 3.05) is 17.7 Å². The standard InChI is InChI=1S/C22H19ClN4O3S/c1-2-30-22(29)20-17(13-3-6-15(23)7-4-13)12-31-21(20)26-19(28)11-27-18-9-16(24)8-5-14(18)10-25-27/h3-10,12H,2,11,24H2,1H3,(H,26,28). The number of nitrogens with one attached hydrogen (secondary N) is 1. The minimum atomic E-state index is -0.499. The fraction of sp³-hybridized carbons (Fsp3) is 0.136. The Kier molecular flexibility index (Phi) is 5.92. The van der Waals surface area contributed by atoms with Crippen molar-refractivity contribution < 1.29 is 14.3 Å². The Bertz CT molecular complexity index is 1260. The number of carbonyl (C=O) groups is 2. The molecule has 0 fully saturated rings. The summed E-state index contributed by atoms with van der Waals surface area (Å²) >= 11 is 7.24. The molecule has 4 rings (SSSR count). The normalized spacial score (nSPS) is 10.9. The van der Waals surface area contributed by atoms with Crippen LogP contribution in [0.4, 0.5) is 10.7 Å². The van der Waals surface area contributed by atoms with Gasteiger partial charge in [0.05, 0.1) is 18.3 Å². The monoisotopic (exact) mass is 454 g/mol. The third-order valence-electron chi connectivity index (χ3n) is 4.64. The molecule has 1 amide bonds. The molecule has 0 saturated carbocycles. The number of halogens is 1. The summed E-state index contributed by atoms with van der Waals surface area (Å²) in [5.41, 5.74) is 9.00. The molecule has 4 aromatic rings. The van der Waals surface area contributed by atoms with Crippen LogP contribution in [-0.4, -0.2) is 28.3 Å². The lowest BCUT2D eigenvalue weighted by Crippen LogP contribution is -2.20. The molecule has 0 bridgehead atoms. The van der Waals surface area contributed by atoms with Gasteiger partial charge in [-0.3, -0.25) is 9.48 Å². The van der Waals surface area contributed by atoms with Gasteiger partial charge in [0, 0.05) is 27.0 Å². The van der Waals surface area contributed by atoms with Gasteiger partial charge >= 0.3 is 5.97 Å². The van der Waals surface area contributed by atoms with Crippen molar-refractivity contribution >= 4 is 56.4 Å². The number of amides is 1. The fourth-order valence-electron chi connectivity index (χ4n) is 3.21. The lowest BCUT2D eigenvalue weighted by molar-refractivity contribution is -0.116. The second-order valence-corrected chi connectivity index (χ2v) is 8.07. The zero-order chi connectivity index (χ0) is 22.0. The minimum Gasteiger partial charge on any atom is -0.462 e. The van der Waals surface area contributed by atoms with E-state index in [1.165, 1.54) is 11.3 Å². The quantitative estimate of drug-likeness (QED) is 0.321. The van der Waals surface area contributed by atoms with Crippen LogP contribution in [0, 0.1) is 0 Å². The van der Waals surface area contributed by atoms with Crippen molar-refractivity contribution in [1.29, 1.82) is 0 Å². The van der Waals surface area contributed by atoms with E-state index in [1.54, 1.807) is 42.1 Å². The molecule has 0 unspecified atom stereocenters. The summed E-state index contributed by atoms with van der Waals surface area (Å²) in [6.45, 7) is 1.94. The third kappa shape index (κ3) is 4.40. The molecule has 31 heavy (non-hydrogen) atoms. The number of aromatic nitrogens is 2. The largest absolute Gasteiger partial charge is 0.462 e. The van der Waals surface area contributed by atoms with Crippen molar-refractivity contribution in [3.8, 4) is 11.1 Å². The number of ether oxygens (including phenoxy) is 1. The lowest BCUT2D eigenvalue weighted by atomic mass is 10.0. The number of esters is 1. The number of nitrogens with two attached hydrogens (primary N) is 1. The molecule has 0 spiro atoms. The summed E-state index contributed by atoms with van der Waals surface area (Å²) in [7, 11) is 0. The highest BCUT2D eigenvalue weighted by Crippen LogP contribution is 2.36. The van der Waals surface area contributed by atoms with Crippen LogP contribution >= 0.6 is 22.9 Å². The van der Waals surface area contributed by atoms with E-state index in [9.17, 15) is 9.59 Å². The predicted octanol–water partition coefficient (Wildman–Crippen LogP) is 4.82. The molecule has 0 aliphatic heterocycles. The molecule has 2 aromatic carbocycles. The smallest absolute Gasteiger partial charge is 0.341 e. The molecule has 2 aromatic heterocycles. The average Bonchev–Trinajstić information content (AvgIpc) is 3.33. The molecule has 0 radical (unpaired) electrons. The number of nitrogens with zero attached hydrogens (tertiary/aromatic N) is 2. The Balaban J connectivity index is 1.62. The number of benzene rings is 2. The van der Waals surface area contributed by atoms with Crippen LogP contribution in [0.3, 0.4) is 0 Å². The summed E-state index contributed by atoms with van der Waals surface area (Å²) in [6.07, 6.45) is 1.68. The molecule has 0 saturated heterocycles. The van der Waals surface area contributed by atoms with Crippen molar-refractivity contribution in [3.05, 3.63) is 64.6 Å². The van der Waals surface area contributed by atoms with Crippen molar-refractivity contribution in [3.63, 3.8) is 0 Å². The SMILES string of the molecule is CCOC(=O)c1c(-c2ccc(Cl)cc2)csc1NC(=O)Cn1ncc2ccc(N)cc21. The second kappa shape index (κ2) is 8.79. The molecular formula is C22H19ClN4O3S. The molecule has 7 nitrogen and oxygen atoms in total. The van der Waals surface area contributed by atoms with Crippen LogP contribution in [-0.2, 0) is 16.1 Å². The van der Waals surface area contributed by atoms with Gasteiger partial charge < -0.3 is 15.8 Å². The molecule has 158 valence electrons. The van der Waals surface area contributed by atoms with Crippen LogP contribution in [0.2, 0.25) is 5.02 Å². The van der Waals surface area contributed by atoms with E-state index in [4.69, 9.17) is 22.1 Å². The van der Waals surface area contributed by atoms with Gasteiger partial charge in [0.1, 0.15) is 17.1 Å². The van der Waals surface area contributed by atoms with E-state index in [-0.39, 0.29) is 19.1 Å². The number of anilines is 2. The third-order valence-corrected chi connectivity index (χ3v) is 5.79. The number of thiophene rings is 1. The maximum absolute atomic E-state index is 12.8. The lowest BCUT2D eigenvalue weighted by Gasteiger charge is -2.09. The molecule has 9 heteroatoms. The van der Waals surface area contributed by atoms with Crippen molar-refractivity contribution in [2.45, 2.75) is 13.5 Å². The first-order chi connectivity index (χ1) is 15.0. The topological polar surface area (TPSA) is 99.2 Å². The Labute approximate surface area is 187 Å². The zero-order valence-corrected chi connectivity index (χ0v) is 18.2. The van der Waals surface area contributed by atoms with Gasteiger partial charge in [-0.15, -0.1) is 11.3 Å². The molecule has 2 heterocycles. The highest BCUT2D eigenvalue weighted by molar-refractivity contribution is 7.15. The first-order valence-corrected chi connectivity index (χ1v) is 10.8. The molecule has 3 N–H and O–H groups in total. The van der Waals surface area contributed by atoms with Gasteiger partial charge in [-0.2, -0.15) is 5.10 Å². The molecular weight excluding hydrogens is 436 g/mol. The number of hydrogen-bond donors (Lipinski definition) is 2. The van der Waals surface area contributed by atoms with Gasteiger partial charge in [0.2, 0.25) is 5.91 Å². The number of carbonyl (C=O) groups excluding carboxylic acids is 2. The van der Waals surface area contributed by atoms with E-state index in [2.05, 4.69) is 10.4 Å². The molecule has 0 aliphatic carbocycles. The van der Waals surface area contributed by atoms with Crippen molar-refractivity contribution in [2.24, 2.45) is 0 Å². The van der Waals surface area contributed by atoms with Crippen molar-refractivity contribution in [1.82, 2.24) is 9.78 Å². The van der Waals surface area contributed by atoms with Crippen LogP contribution in [0.15, 0.2) is 54.0 Å². The second-order valence-electron chi connectivity index (χ2n) is 6.75. The Morgan fingerprint density at radius 2 is 2.00 bits per heavy atom. The number of nitrogen functional groups attached to an aromatic ring is 1. The maximum Gasteiger partial charge on any atom is 0.341 e. The van der Waals surface area contributed by atoms with E-state index in [1.807, 2.05) is 23.6 Å². The van der Waals surface area contributed by atoms with Crippen LogP contribution in [0.1, 0.15) is 17.3 Å². The zero-order valence-electron chi connectivity index (χ0n) is 16.6. The van der Waals surface area contributed by atoms with Gasteiger partial charge in [0.25, 0.3) is 0 Å². The van der Waals surface area contributed by atoms with Gasteiger partial charge in [-0.1, -0.05) is 23.7 Å². The van der Waals surface area contributed by atoms with Gasteiger partial charge in [0.15, 0.2) is 0 Å². The van der Waals surface area contributed by atoms with E-state index in [0.717, 1.165) is 16.5 Å². The average molecular weight is 455 g/mol. The Morgan fingerprint density at radius 1 is 1.23 bits per heavy atom. The first-order valence-electron chi connectivity index (χ1n) is 9.51. The van der Waals surface area contributed by atoms with Crippen LogP contribution in [0.25, 0.3) is 22.0 Å². The Morgan fingerprint density at radius 3 is 2.74 bits per heavy atom. The Hall–Kier alpha value is -3.36. The number of fused-ring (bicyclic) bond motifs is 1. The van der Waals surface area contributed by atoms with E-state index >= 15 is 0 Å². The highest BCUT2D eigenvalue weighted by atomic mass is 35.5. The highest BCUT2D eigenvalue weighted by Gasteiger charge is 2.23. The van der Waals surface area contributed by atoms with Gasteiger partial charge in [-0.05, 0) is 42.8 Å². The minimum absolute atomic E-state index is 0.0244. The maximum atomic E-state index is 12.8. The van der Waals surface area contributed by atoms with Crippen LogP contribution < -0.4 is 11.1 Å². The van der Waals surface area contributed by atoms with E-state index in [0.29, 0.717) is 26.8 Å². The number of hydrogen-bond acceptors (Lipinski definition) is 6. The summed E-state index contributed by atoms with van der Waals surface area (Å²) in [4.78, 5) is 25.4. The molecule has 0 aliphatic rings. The van der Waals surface area contributed by atoms with Gasteiger partial charge in [-0.25, -0.2) is 4.79 Å². The summed E-state index contributed by atoms with van der Waals surface area (Å²) in [5.74, 6) is -0.816. The van der Waals surface area contributed by atoms with Crippen LogP contribution in [0.5, 0.6) is 0 Å². The summed E-state index contributed by atoms with van der Waals surface area (Å²) in [5, 5.41) is 10.8. The fourth-order valence-corrected chi connectivity index (χ4v) is 4.31. The summed E-state index contributed by atoms with van der Waals surface area (Å²) < 4.78 is 6.80. The first kappa shape index (κ1) is 20.9. The molecule has 0 atom stereocenters.